The average Bonchev–Trinajstić information content (AvgIpc) is 2.85. The van der Waals surface area contributed by atoms with Crippen molar-refractivity contribution in [3.8, 4) is 11.9 Å². The minimum atomic E-state index is -0.409. The van der Waals surface area contributed by atoms with Crippen molar-refractivity contribution in [1.29, 1.82) is 5.26 Å². The number of aromatic nitrogens is 4. The van der Waals surface area contributed by atoms with Gasteiger partial charge in [0, 0.05) is 25.5 Å². The molecule has 0 aromatic carbocycles. The van der Waals surface area contributed by atoms with E-state index in [9.17, 15) is 10.4 Å². The lowest BCUT2D eigenvalue weighted by molar-refractivity contribution is 0.154. The van der Waals surface area contributed by atoms with Gasteiger partial charge in [0.2, 0.25) is 0 Å². The number of aliphatic hydroxyl groups excluding tert-OH is 1. The number of hydrogen-bond donors (Lipinski definition) is 2. The van der Waals surface area contributed by atoms with E-state index in [1.165, 1.54) is 17.1 Å². The first-order valence-corrected chi connectivity index (χ1v) is 6.68. The fourth-order valence-corrected chi connectivity index (χ4v) is 2.47. The van der Waals surface area contributed by atoms with Crippen molar-refractivity contribution in [3.63, 3.8) is 0 Å². The average molecular weight is 285 g/mol. The van der Waals surface area contributed by atoms with Crippen LogP contribution < -0.4 is 10.6 Å². The molecule has 1 aliphatic heterocycles. The van der Waals surface area contributed by atoms with Crippen molar-refractivity contribution in [1.82, 2.24) is 19.7 Å². The second-order valence-corrected chi connectivity index (χ2v) is 4.91. The molecule has 8 nitrogen and oxygen atoms in total. The molecule has 0 spiro atoms. The fourth-order valence-electron chi connectivity index (χ4n) is 2.47. The highest BCUT2D eigenvalue weighted by Crippen LogP contribution is 2.28. The molecule has 2 aromatic heterocycles. The molecule has 0 amide bonds. The number of nitrogens with two attached hydrogens (primary N) is 1. The Kier molecular flexibility index (Phi) is 3.41. The van der Waals surface area contributed by atoms with Gasteiger partial charge in [-0.25, -0.2) is 4.98 Å². The van der Waals surface area contributed by atoms with Crippen molar-refractivity contribution in [2.75, 3.05) is 23.7 Å². The van der Waals surface area contributed by atoms with Crippen LogP contribution in [0.3, 0.4) is 0 Å². The number of nitriles is 1. The van der Waals surface area contributed by atoms with E-state index in [0.29, 0.717) is 23.7 Å². The maximum Gasteiger partial charge on any atom is 0.174 e. The summed E-state index contributed by atoms with van der Waals surface area (Å²) in [7, 11) is 0. The number of β-amino-alcohol motifs (C(OH)–C–C–N with tert-alkyl or cyclic N) is 1. The van der Waals surface area contributed by atoms with Gasteiger partial charge in [0.1, 0.15) is 17.5 Å². The zero-order chi connectivity index (χ0) is 14.8. The van der Waals surface area contributed by atoms with Crippen LogP contribution in [0.25, 0.3) is 5.82 Å². The minimum absolute atomic E-state index is 0.230. The first-order chi connectivity index (χ1) is 10.2. The number of aliphatic hydroxyl groups is 1. The van der Waals surface area contributed by atoms with Crippen molar-refractivity contribution in [3.05, 3.63) is 24.2 Å². The molecule has 0 aliphatic carbocycles. The molecule has 2 aromatic rings. The molecular formula is C13H15N7O. The SMILES string of the molecule is N#Cc1c(N2CCCC(O)C2)nn(-c2cnccn2)c1N. The maximum atomic E-state index is 9.78. The van der Waals surface area contributed by atoms with E-state index < -0.39 is 6.10 Å². The van der Waals surface area contributed by atoms with Crippen molar-refractivity contribution in [2.45, 2.75) is 18.9 Å². The van der Waals surface area contributed by atoms with Crippen molar-refractivity contribution in [2.24, 2.45) is 0 Å². The normalized spacial score (nSPS) is 18.5. The number of anilines is 2. The van der Waals surface area contributed by atoms with E-state index in [0.717, 1.165) is 19.4 Å². The van der Waals surface area contributed by atoms with Gasteiger partial charge in [0.15, 0.2) is 11.6 Å². The lowest BCUT2D eigenvalue weighted by Gasteiger charge is -2.30. The Bertz CT molecular complexity index is 676. The fraction of sp³-hybridized carbons (Fsp3) is 0.385. The van der Waals surface area contributed by atoms with E-state index in [-0.39, 0.29) is 5.82 Å². The Morgan fingerprint density at radius 1 is 1.43 bits per heavy atom. The molecule has 21 heavy (non-hydrogen) atoms. The number of hydrogen-bond acceptors (Lipinski definition) is 7. The lowest BCUT2D eigenvalue weighted by Crippen LogP contribution is -2.38. The number of nitrogen functional groups attached to an aromatic ring is 1. The summed E-state index contributed by atoms with van der Waals surface area (Å²) in [6, 6.07) is 2.09. The molecule has 0 saturated carbocycles. The van der Waals surface area contributed by atoms with E-state index in [2.05, 4.69) is 21.1 Å². The smallest absolute Gasteiger partial charge is 0.174 e. The van der Waals surface area contributed by atoms with Crippen LogP contribution in [0, 0.1) is 11.3 Å². The van der Waals surface area contributed by atoms with Crippen LogP contribution in [-0.2, 0) is 0 Å². The van der Waals surface area contributed by atoms with Gasteiger partial charge in [-0.2, -0.15) is 9.94 Å². The molecule has 1 atom stereocenters. The summed E-state index contributed by atoms with van der Waals surface area (Å²) in [5.74, 6) is 1.17. The number of nitrogens with zero attached hydrogens (tertiary/aromatic N) is 6. The van der Waals surface area contributed by atoms with Gasteiger partial charge < -0.3 is 15.7 Å². The molecule has 0 radical (unpaired) electrons. The van der Waals surface area contributed by atoms with Gasteiger partial charge in [-0.1, -0.05) is 0 Å². The van der Waals surface area contributed by atoms with E-state index in [1.54, 1.807) is 6.20 Å². The molecule has 1 fully saturated rings. The van der Waals surface area contributed by atoms with Gasteiger partial charge in [0.05, 0.1) is 12.3 Å². The first kappa shape index (κ1) is 13.3. The van der Waals surface area contributed by atoms with Crippen LogP contribution in [0.5, 0.6) is 0 Å². The highest BCUT2D eigenvalue weighted by Gasteiger charge is 2.26. The summed E-state index contributed by atoms with van der Waals surface area (Å²) in [4.78, 5) is 10.0. The molecular weight excluding hydrogens is 270 g/mol. The summed E-state index contributed by atoms with van der Waals surface area (Å²) in [5.41, 5.74) is 6.31. The molecule has 1 saturated heterocycles. The molecule has 3 rings (SSSR count). The summed E-state index contributed by atoms with van der Waals surface area (Å²) >= 11 is 0. The standard InChI is InChI=1S/C13H15N7O/c14-6-10-12(15)20(11-7-16-3-4-17-11)18-13(10)19-5-1-2-9(21)8-19/h3-4,7,9,21H,1-2,5,8,15H2. The topological polar surface area (TPSA) is 117 Å². The first-order valence-electron chi connectivity index (χ1n) is 6.68. The third-order valence-corrected chi connectivity index (χ3v) is 3.48. The second-order valence-electron chi connectivity index (χ2n) is 4.91. The number of rotatable bonds is 2. The quantitative estimate of drug-likeness (QED) is 0.802. The zero-order valence-corrected chi connectivity index (χ0v) is 11.3. The zero-order valence-electron chi connectivity index (χ0n) is 11.3. The summed E-state index contributed by atoms with van der Waals surface area (Å²) in [6.07, 6.45) is 5.82. The lowest BCUT2D eigenvalue weighted by atomic mass is 10.1. The van der Waals surface area contributed by atoms with Crippen LogP contribution >= 0.6 is 0 Å². The monoisotopic (exact) mass is 285 g/mol. The highest BCUT2D eigenvalue weighted by atomic mass is 16.3. The predicted molar refractivity (Wildman–Crippen MR) is 75.7 cm³/mol. The maximum absolute atomic E-state index is 9.78. The third kappa shape index (κ3) is 2.39. The predicted octanol–water partition coefficient (Wildman–Crippen LogP) is 0.0773. The molecule has 0 bridgehead atoms. The Morgan fingerprint density at radius 3 is 2.95 bits per heavy atom. The van der Waals surface area contributed by atoms with E-state index in [1.807, 2.05) is 4.90 Å². The van der Waals surface area contributed by atoms with Crippen LogP contribution in [0.4, 0.5) is 11.6 Å². The van der Waals surface area contributed by atoms with Crippen molar-refractivity contribution >= 4 is 11.6 Å². The van der Waals surface area contributed by atoms with Gasteiger partial charge in [-0.3, -0.25) is 4.98 Å². The largest absolute Gasteiger partial charge is 0.391 e. The van der Waals surface area contributed by atoms with Crippen LogP contribution in [0.2, 0.25) is 0 Å². The number of piperidine rings is 1. The van der Waals surface area contributed by atoms with Gasteiger partial charge >= 0.3 is 0 Å². The molecule has 108 valence electrons. The van der Waals surface area contributed by atoms with Crippen molar-refractivity contribution < 1.29 is 5.11 Å². The minimum Gasteiger partial charge on any atom is -0.391 e. The Morgan fingerprint density at radius 2 is 2.29 bits per heavy atom. The Hall–Kier alpha value is -2.66. The molecule has 8 heteroatoms. The third-order valence-electron chi connectivity index (χ3n) is 3.48. The summed E-state index contributed by atoms with van der Waals surface area (Å²) in [6.45, 7) is 1.19. The highest BCUT2D eigenvalue weighted by molar-refractivity contribution is 5.66. The van der Waals surface area contributed by atoms with Crippen LogP contribution in [-0.4, -0.2) is 44.0 Å². The molecule has 1 aliphatic rings. The Labute approximate surface area is 121 Å². The van der Waals surface area contributed by atoms with Gasteiger partial charge in [0.25, 0.3) is 0 Å². The van der Waals surface area contributed by atoms with Crippen LogP contribution in [0.15, 0.2) is 18.6 Å². The second kappa shape index (κ2) is 5.38. The molecule has 3 heterocycles. The van der Waals surface area contributed by atoms with Crippen LogP contribution in [0.1, 0.15) is 18.4 Å². The molecule has 1 unspecified atom stereocenters. The molecule has 3 N–H and O–H groups in total. The van der Waals surface area contributed by atoms with Gasteiger partial charge in [-0.15, -0.1) is 5.10 Å². The summed E-state index contributed by atoms with van der Waals surface area (Å²) < 4.78 is 1.40. The van der Waals surface area contributed by atoms with E-state index in [4.69, 9.17) is 5.73 Å². The Balaban J connectivity index is 2.04. The van der Waals surface area contributed by atoms with E-state index >= 15 is 0 Å². The summed E-state index contributed by atoms with van der Waals surface area (Å²) in [5, 5.41) is 23.5. The van der Waals surface area contributed by atoms with Gasteiger partial charge in [-0.05, 0) is 12.8 Å².